The molecule has 9 heteroatoms. The number of rotatable bonds is 9. The van der Waals surface area contributed by atoms with Gasteiger partial charge < -0.3 is 9.80 Å². The lowest BCUT2D eigenvalue weighted by atomic mass is 9.76. The molecule has 4 amide bonds. The number of nitrogens with zero attached hydrogens (tertiary/aromatic N) is 3. The Morgan fingerprint density at radius 1 is 0.974 bits per heavy atom. The fourth-order valence-corrected chi connectivity index (χ4v) is 6.88. The van der Waals surface area contributed by atoms with Gasteiger partial charge in [-0.25, -0.2) is 0 Å². The summed E-state index contributed by atoms with van der Waals surface area (Å²) in [7, 11) is 0. The molecular formula is C29H34N4O4S. The van der Waals surface area contributed by atoms with E-state index in [4.69, 9.17) is 0 Å². The highest BCUT2D eigenvalue weighted by Gasteiger charge is 2.71. The monoisotopic (exact) mass is 534 g/mol. The summed E-state index contributed by atoms with van der Waals surface area (Å²) in [4.78, 5) is 60.0. The van der Waals surface area contributed by atoms with Gasteiger partial charge in [0, 0.05) is 30.4 Å². The van der Waals surface area contributed by atoms with Crippen molar-refractivity contribution in [1.29, 1.82) is 0 Å². The minimum Gasteiger partial charge on any atom is -0.342 e. The van der Waals surface area contributed by atoms with Crippen LogP contribution < -0.4 is 10.2 Å². The fourth-order valence-electron chi connectivity index (χ4n) is 6.39. The molecule has 0 saturated carbocycles. The molecule has 3 heterocycles. The van der Waals surface area contributed by atoms with Crippen LogP contribution in [0.1, 0.15) is 31.4 Å². The largest absolute Gasteiger partial charge is 0.342 e. The molecule has 5 rings (SSSR count). The summed E-state index contributed by atoms with van der Waals surface area (Å²) in [6, 6.07) is 16.5. The van der Waals surface area contributed by atoms with Crippen LogP contribution in [-0.4, -0.2) is 71.1 Å². The summed E-state index contributed by atoms with van der Waals surface area (Å²) in [5, 5.41) is 3.52. The number of para-hydroxylation sites is 1. The summed E-state index contributed by atoms with van der Waals surface area (Å²) in [5.41, 5.74) is 0.770. The number of nitrogens with one attached hydrogen (secondary N) is 1. The number of amides is 4. The summed E-state index contributed by atoms with van der Waals surface area (Å²) < 4.78 is 0. The third kappa shape index (κ3) is 4.03. The van der Waals surface area contributed by atoms with Crippen LogP contribution in [-0.2, 0) is 31.3 Å². The molecule has 1 spiro atoms. The van der Waals surface area contributed by atoms with E-state index in [9.17, 15) is 19.2 Å². The molecule has 200 valence electrons. The van der Waals surface area contributed by atoms with Crippen molar-refractivity contribution < 1.29 is 19.2 Å². The molecule has 0 unspecified atom stereocenters. The number of hydrogen-bond acceptors (Lipinski definition) is 6. The standard InChI is InChI=1S/C29H34N4O4S/c1-4-31(5-2)23(34)18-32-22-14-10-9-13-20(22)29(28(32)37)25-24(21(30-29)15-16-38-3)26(35)33(27(25)36)17-19-11-7-6-8-12-19/h6-14,21,24-25,30H,4-5,15-18H2,1-3H3/t21-,24+,25-,29-/m0/s1. The maximum absolute atomic E-state index is 14.4. The molecule has 4 atom stereocenters. The number of likely N-dealkylation sites (N-methyl/N-ethyl adjacent to an activating group) is 1. The van der Waals surface area contributed by atoms with Gasteiger partial charge in [0.25, 0.3) is 5.91 Å². The number of benzene rings is 2. The topological polar surface area (TPSA) is 90.0 Å². The zero-order valence-corrected chi connectivity index (χ0v) is 22.9. The van der Waals surface area contributed by atoms with Crippen molar-refractivity contribution in [3.05, 3.63) is 65.7 Å². The van der Waals surface area contributed by atoms with Crippen molar-refractivity contribution in [1.82, 2.24) is 15.1 Å². The van der Waals surface area contributed by atoms with Gasteiger partial charge in [0.15, 0.2) is 0 Å². The number of likely N-dealkylation sites (tertiary alicyclic amines) is 1. The number of thioether (sulfide) groups is 1. The lowest BCUT2D eigenvalue weighted by Crippen LogP contribution is -2.56. The number of fused-ring (bicyclic) bond motifs is 4. The molecule has 3 aliphatic heterocycles. The van der Waals surface area contributed by atoms with Crippen LogP contribution in [0.4, 0.5) is 5.69 Å². The van der Waals surface area contributed by atoms with Crippen LogP contribution in [0.15, 0.2) is 54.6 Å². The number of carbonyl (C=O) groups excluding carboxylic acids is 4. The lowest BCUT2D eigenvalue weighted by molar-refractivity contribution is -0.143. The van der Waals surface area contributed by atoms with Crippen LogP contribution in [0, 0.1) is 11.8 Å². The van der Waals surface area contributed by atoms with Gasteiger partial charge in [-0.05, 0) is 43.9 Å². The van der Waals surface area contributed by atoms with Gasteiger partial charge in [-0.15, -0.1) is 0 Å². The van der Waals surface area contributed by atoms with Crippen LogP contribution in [0.3, 0.4) is 0 Å². The zero-order chi connectivity index (χ0) is 27.0. The van der Waals surface area contributed by atoms with E-state index in [0.29, 0.717) is 30.8 Å². The minimum atomic E-state index is -1.38. The second-order valence-corrected chi connectivity index (χ2v) is 11.1. The van der Waals surface area contributed by atoms with E-state index in [2.05, 4.69) is 5.32 Å². The van der Waals surface area contributed by atoms with Crippen molar-refractivity contribution >= 4 is 41.1 Å². The molecule has 2 aromatic rings. The Balaban J connectivity index is 1.57. The predicted molar refractivity (Wildman–Crippen MR) is 147 cm³/mol. The van der Waals surface area contributed by atoms with Crippen molar-refractivity contribution in [3.63, 3.8) is 0 Å². The SMILES string of the molecule is CCN(CC)C(=O)CN1C(=O)[C@]2(N[C@@H](CCSC)[C@H]3C(=O)N(Cc4ccccc4)C(=O)[C@H]32)c2ccccc21. The van der Waals surface area contributed by atoms with Crippen LogP contribution in [0.25, 0.3) is 0 Å². The van der Waals surface area contributed by atoms with Gasteiger partial charge in [-0.3, -0.25) is 29.4 Å². The number of carbonyl (C=O) groups is 4. The summed E-state index contributed by atoms with van der Waals surface area (Å²) in [5.74, 6) is -1.77. The average Bonchev–Trinajstić information content (AvgIpc) is 3.49. The van der Waals surface area contributed by atoms with Gasteiger partial charge >= 0.3 is 0 Å². The molecule has 0 radical (unpaired) electrons. The molecule has 2 fully saturated rings. The zero-order valence-electron chi connectivity index (χ0n) is 22.1. The highest BCUT2D eigenvalue weighted by molar-refractivity contribution is 7.98. The molecule has 0 aliphatic carbocycles. The first-order valence-electron chi connectivity index (χ1n) is 13.2. The molecular weight excluding hydrogens is 500 g/mol. The van der Waals surface area contributed by atoms with Gasteiger partial charge in [0.2, 0.25) is 17.7 Å². The Labute approximate surface area is 227 Å². The average molecular weight is 535 g/mol. The van der Waals surface area contributed by atoms with E-state index in [1.54, 1.807) is 16.7 Å². The summed E-state index contributed by atoms with van der Waals surface area (Å²) in [6.45, 7) is 4.98. The van der Waals surface area contributed by atoms with Crippen molar-refractivity contribution in [3.8, 4) is 0 Å². The lowest BCUT2D eigenvalue weighted by Gasteiger charge is -2.31. The third-order valence-electron chi connectivity index (χ3n) is 8.18. The summed E-state index contributed by atoms with van der Waals surface area (Å²) in [6.07, 6.45) is 2.65. The summed E-state index contributed by atoms with van der Waals surface area (Å²) >= 11 is 1.67. The van der Waals surface area contributed by atoms with Crippen molar-refractivity contribution in [2.24, 2.45) is 11.8 Å². The van der Waals surface area contributed by atoms with E-state index in [-0.39, 0.29) is 42.8 Å². The fraction of sp³-hybridized carbons (Fsp3) is 0.448. The van der Waals surface area contributed by atoms with Gasteiger partial charge in [0.1, 0.15) is 12.1 Å². The molecule has 2 saturated heterocycles. The maximum atomic E-state index is 14.4. The highest BCUT2D eigenvalue weighted by Crippen LogP contribution is 2.55. The van der Waals surface area contributed by atoms with Gasteiger partial charge in [0.05, 0.1) is 18.4 Å². The first kappa shape index (κ1) is 26.4. The molecule has 8 nitrogen and oxygen atoms in total. The second-order valence-electron chi connectivity index (χ2n) is 10.1. The minimum absolute atomic E-state index is 0.107. The van der Waals surface area contributed by atoms with Crippen LogP contribution in [0.2, 0.25) is 0 Å². The Bertz CT molecular complexity index is 1250. The Hall–Kier alpha value is -3.17. The molecule has 38 heavy (non-hydrogen) atoms. The Morgan fingerprint density at radius 3 is 2.34 bits per heavy atom. The first-order valence-corrected chi connectivity index (χ1v) is 14.6. The maximum Gasteiger partial charge on any atom is 0.253 e. The Kier molecular flexibility index (Phi) is 7.33. The smallest absolute Gasteiger partial charge is 0.253 e. The van der Waals surface area contributed by atoms with E-state index < -0.39 is 17.4 Å². The van der Waals surface area contributed by atoms with E-state index in [1.165, 1.54) is 9.80 Å². The van der Waals surface area contributed by atoms with Gasteiger partial charge in [-0.2, -0.15) is 11.8 Å². The van der Waals surface area contributed by atoms with Gasteiger partial charge in [-0.1, -0.05) is 48.5 Å². The molecule has 2 aromatic carbocycles. The number of hydrogen-bond donors (Lipinski definition) is 1. The van der Waals surface area contributed by atoms with Crippen LogP contribution in [0.5, 0.6) is 0 Å². The third-order valence-corrected chi connectivity index (χ3v) is 8.83. The first-order chi connectivity index (χ1) is 18.4. The highest BCUT2D eigenvalue weighted by atomic mass is 32.2. The van der Waals surface area contributed by atoms with E-state index >= 15 is 0 Å². The van der Waals surface area contributed by atoms with E-state index in [0.717, 1.165) is 11.3 Å². The normalized spacial score (nSPS) is 25.9. The van der Waals surface area contributed by atoms with Crippen molar-refractivity contribution in [2.45, 2.75) is 38.4 Å². The van der Waals surface area contributed by atoms with Crippen molar-refractivity contribution in [2.75, 3.05) is 36.5 Å². The van der Waals surface area contributed by atoms with Crippen LogP contribution >= 0.6 is 11.8 Å². The number of anilines is 1. The molecule has 1 N–H and O–H groups in total. The molecule has 0 bridgehead atoms. The Morgan fingerprint density at radius 2 is 1.66 bits per heavy atom. The number of imide groups is 1. The molecule has 0 aromatic heterocycles. The molecule has 3 aliphatic rings. The van der Waals surface area contributed by atoms with E-state index in [1.807, 2.05) is 74.7 Å². The second kappa shape index (κ2) is 10.5. The quantitative estimate of drug-likeness (QED) is 0.498. The predicted octanol–water partition coefficient (Wildman–Crippen LogP) is 2.62.